The Balaban J connectivity index is 1.33. The third-order valence-electron chi connectivity index (χ3n) is 7.09. The number of hydrogen-bond donors (Lipinski definition) is 0. The van der Waals surface area contributed by atoms with E-state index >= 15 is 0 Å². The SMILES string of the molecule is O=C(c1ccncc1)N1CC[C@@H]2[C@H](CCCN2C(=O)CCC2CCCCC2)C1. The first-order valence-electron chi connectivity index (χ1n) is 11.2. The summed E-state index contributed by atoms with van der Waals surface area (Å²) in [5.74, 6) is 1.64. The molecule has 5 heteroatoms. The van der Waals surface area contributed by atoms with Crippen LogP contribution in [0.5, 0.6) is 0 Å². The van der Waals surface area contributed by atoms with Crippen LogP contribution in [0.3, 0.4) is 0 Å². The maximum absolute atomic E-state index is 13.0. The smallest absolute Gasteiger partial charge is 0.253 e. The predicted molar refractivity (Wildman–Crippen MR) is 109 cm³/mol. The first kappa shape index (κ1) is 19.4. The Labute approximate surface area is 168 Å². The second kappa shape index (κ2) is 9.06. The first-order valence-corrected chi connectivity index (χ1v) is 11.2. The molecule has 5 nitrogen and oxygen atoms in total. The molecule has 3 heterocycles. The Morgan fingerprint density at radius 3 is 2.54 bits per heavy atom. The minimum atomic E-state index is 0.0987. The second-order valence-electron chi connectivity index (χ2n) is 8.88. The lowest BCUT2D eigenvalue weighted by molar-refractivity contribution is -0.138. The predicted octanol–water partition coefficient (Wildman–Crippen LogP) is 3.90. The van der Waals surface area contributed by atoms with E-state index in [1.807, 2.05) is 4.90 Å². The molecule has 1 aliphatic carbocycles. The van der Waals surface area contributed by atoms with Crippen LogP contribution in [0.1, 0.15) is 74.6 Å². The largest absolute Gasteiger partial charge is 0.339 e. The van der Waals surface area contributed by atoms with Crippen molar-refractivity contribution in [1.82, 2.24) is 14.8 Å². The van der Waals surface area contributed by atoms with Gasteiger partial charge in [0.15, 0.2) is 0 Å². The van der Waals surface area contributed by atoms with Crippen molar-refractivity contribution in [2.24, 2.45) is 11.8 Å². The van der Waals surface area contributed by atoms with E-state index in [-0.39, 0.29) is 5.91 Å². The van der Waals surface area contributed by atoms with Crippen molar-refractivity contribution in [2.75, 3.05) is 19.6 Å². The monoisotopic (exact) mass is 383 g/mol. The minimum absolute atomic E-state index is 0.0987. The van der Waals surface area contributed by atoms with E-state index in [1.165, 1.54) is 32.1 Å². The van der Waals surface area contributed by atoms with E-state index in [2.05, 4.69) is 9.88 Å². The summed E-state index contributed by atoms with van der Waals surface area (Å²) in [6.45, 7) is 2.43. The second-order valence-corrected chi connectivity index (χ2v) is 8.88. The van der Waals surface area contributed by atoms with Crippen molar-refractivity contribution in [3.8, 4) is 0 Å². The standard InChI is InChI=1S/C23H33N3O2/c27-22(9-8-18-5-2-1-3-6-18)26-15-4-7-20-17-25(16-12-21(20)26)23(28)19-10-13-24-14-11-19/h10-11,13-14,18,20-21H,1-9,12,15-17H2/t20-,21-/m1/s1. The maximum Gasteiger partial charge on any atom is 0.253 e. The van der Waals surface area contributed by atoms with Gasteiger partial charge in [0.1, 0.15) is 0 Å². The molecule has 1 aromatic heterocycles. The van der Waals surface area contributed by atoms with Crippen LogP contribution in [-0.4, -0.2) is 52.3 Å². The fraction of sp³-hybridized carbons (Fsp3) is 0.696. The molecule has 2 amide bonds. The first-order chi connectivity index (χ1) is 13.7. The van der Waals surface area contributed by atoms with Crippen molar-refractivity contribution in [2.45, 2.75) is 70.3 Å². The summed E-state index contributed by atoms with van der Waals surface area (Å²) < 4.78 is 0. The summed E-state index contributed by atoms with van der Waals surface area (Å²) in [6.07, 6.45) is 14.9. The topological polar surface area (TPSA) is 53.5 Å². The van der Waals surface area contributed by atoms with Crippen molar-refractivity contribution in [3.05, 3.63) is 30.1 Å². The maximum atomic E-state index is 13.0. The zero-order valence-electron chi connectivity index (χ0n) is 16.9. The van der Waals surface area contributed by atoms with Crippen LogP contribution >= 0.6 is 0 Å². The zero-order chi connectivity index (χ0) is 19.3. The lowest BCUT2D eigenvalue weighted by Crippen LogP contribution is -2.56. The highest BCUT2D eigenvalue weighted by atomic mass is 16.2. The van der Waals surface area contributed by atoms with Crippen LogP contribution in [-0.2, 0) is 4.79 Å². The van der Waals surface area contributed by atoms with Gasteiger partial charge in [0.05, 0.1) is 0 Å². The number of aromatic nitrogens is 1. The van der Waals surface area contributed by atoms with E-state index in [0.717, 1.165) is 51.2 Å². The molecule has 0 N–H and O–H groups in total. The van der Waals surface area contributed by atoms with Gasteiger partial charge in [0.25, 0.3) is 5.91 Å². The summed E-state index contributed by atoms with van der Waals surface area (Å²) in [6, 6.07) is 3.90. The molecule has 2 atom stereocenters. The van der Waals surface area contributed by atoms with Gasteiger partial charge in [-0.2, -0.15) is 0 Å². The van der Waals surface area contributed by atoms with Crippen molar-refractivity contribution >= 4 is 11.8 Å². The van der Waals surface area contributed by atoms with Gasteiger partial charge in [0, 0.05) is 50.1 Å². The molecule has 0 aromatic carbocycles. The average Bonchev–Trinajstić information content (AvgIpc) is 2.77. The van der Waals surface area contributed by atoms with Gasteiger partial charge in [-0.25, -0.2) is 0 Å². The fourth-order valence-corrected chi connectivity index (χ4v) is 5.52. The van der Waals surface area contributed by atoms with Crippen LogP contribution < -0.4 is 0 Å². The summed E-state index contributed by atoms with van der Waals surface area (Å²) in [5, 5.41) is 0. The highest BCUT2D eigenvalue weighted by Crippen LogP contribution is 2.33. The van der Waals surface area contributed by atoms with Gasteiger partial charge in [-0.05, 0) is 49.7 Å². The van der Waals surface area contributed by atoms with Crippen LogP contribution in [0, 0.1) is 11.8 Å². The number of amides is 2. The van der Waals surface area contributed by atoms with Crippen molar-refractivity contribution < 1.29 is 9.59 Å². The number of hydrogen-bond acceptors (Lipinski definition) is 3. The van der Waals surface area contributed by atoms with E-state index < -0.39 is 0 Å². The lowest BCUT2D eigenvalue weighted by Gasteiger charge is -2.47. The third kappa shape index (κ3) is 4.39. The number of nitrogens with zero attached hydrogens (tertiary/aromatic N) is 3. The Kier molecular flexibility index (Phi) is 6.28. The molecular formula is C23H33N3O2. The van der Waals surface area contributed by atoms with Gasteiger partial charge >= 0.3 is 0 Å². The quantitative estimate of drug-likeness (QED) is 0.792. The number of likely N-dealkylation sites (tertiary alicyclic amines) is 2. The molecule has 1 aromatic rings. The molecule has 0 spiro atoms. The van der Waals surface area contributed by atoms with Gasteiger partial charge in [-0.15, -0.1) is 0 Å². The Hall–Kier alpha value is -1.91. The van der Waals surface area contributed by atoms with E-state index in [4.69, 9.17) is 0 Å². The van der Waals surface area contributed by atoms with E-state index in [1.54, 1.807) is 24.5 Å². The van der Waals surface area contributed by atoms with Gasteiger partial charge < -0.3 is 9.80 Å². The van der Waals surface area contributed by atoms with Gasteiger partial charge in [-0.1, -0.05) is 32.1 Å². The number of carbonyl (C=O) groups excluding carboxylic acids is 2. The molecule has 2 aliphatic heterocycles. The summed E-state index contributed by atoms with van der Waals surface area (Å²) >= 11 is 0. The number of rotatable bonds is 4. The molecule has 0 bridgehead atoms. The van der Waals surface area contributed by atoms with Crippen molar-refractivity contribution in [3.63, 3.8) is 0 Å². The van der Waals surface area contributed by atoms with E-state index in [9.17, 15) is 9.59 Å². The van der Waals surface area contributed by atoms with Gasteiger partial charge in [-0.3, -0.25) is 14.6 Å². The van der Waals surface area contributed by atoms with Crippen LogP contribution in [0.2, 0.25) is 0 Å². The molecule has 3 fully saturated rings. The molecule has 4 rings (SSSR count). The number of carbonyl (C=O) groups is 2. The van der Waals surface area contributed by atoms with Crippen LogP contribution in [0.25, 0.3) is 0 Å². The fourth-order valence-electron chi connectivity index (χ4n) is 5.52. The minimum Gasteiger partial charge on any atom is -0.339 e. The molecule has 0 radical (unpaired) electrons. The third-order valence-corrected chi connectivity index (χ3v) is 7.09. The molecule has 1 saturated carbocycles. The van der Waals surface area contributed by atoms with Crippen molar-refractivity contribution in [1.29, 1.82) is 0 Å². The van der Waals surface area contributed by atoms with Gasteiger partial charge in [0.2, 0.25) is 5.91 Å². The Bertz CT molecular complexity index is 672. The summed E-state index contributed by atoms with van der Waals surface area (Å²) in [5.41, 5.74) is 0.713. The zero-order valence-corrected chi connectivity index (χ0v) is 16.9. The van der Waals surface area contributed by atoms with E-state index in [0.29, 0.717) is 29.9 Å². The number of pyridine rings is 1. The molecular weight excluding hydrogens is 350 g/mol. The Morgan fingerprint density at radius 1 is 0.964 bits per heavy atom. The lowest BCUT2D eigenvalue weighted by atomic mass is 9.82. The summed E-state index contributed by atoms with van der Waals surface area (Å²) in [7, 11) is 0. The molecule has 0 unspecified atom stereocenters. The Morgan fingerprint density at radius 2 is 1.75 bits per heavy atom. The highest BCUT2D eigenvalue weighted by molar-refractivity contribution is 5.94. The molecule has 152 valence electrons. The van der Waals surface area contributed by atoms with Crippen LogP contribution in [0.15, 0.2) is 24.5 Å². The molecule has 2 saturated heterocycles. The average molecular weight is 384 g/mol. The molecule has 3 aliphatic rings. The van der Waals surface area contributed by atoms with Crippen LogP contribution in [0.4, 0.5) is 0 Å². The number of fused-ring (bicyclic) bond motifs is 1. The highest BCUT2D eigenvalue weighted by Gasteiger charge is 2.39. The molecule has 28 heavy (non-hydrogen) atoms. The normalized spacial score (nSPS) is 26.0. The number of piperidine rings is 2. The summed E-state index contributed by atoms with van der Waals surface area (Å²) in [4.78, 5) is 33.9.